The van der Waals surface area contributed by atoms with Gasteiger partial charge >= 0.3 is 0 Å². The Hall–Kier alpha value is -2.05. The maximum absolute atomic E-state index is 13.0. The zero-order chi connectivity index (χ0) is 21.1. The van der Waals surface area contributed by atoms with E-state index < -0.39 is 0 Å². The topological polar surface area (TPSA) is 55.7 Å². The summed E-state index contributed by atoms with van der Waals surface area (Å²) in [5.74, 6) is 1.17. The number of hydrogen-bond donors (Lipinski definition) is 1. The average molecular weight is 414 g/mol. The van der Waals surface area contributed by atoms with Crippen LogP contribution in [0.4, 0.5) is 0 Å². The molecule has 1 spiro atoms. The van der Waals surface area contributed by atoms with Crippen LogP contribution in [0.25, 0.3) is 10.9 Å². The van der Waals surface area contributed by atoms with E-state index in [1.165, 1.54) is 29.3 Å². The van der Waals surface area contributed by atoms with Gasteiger partial charge in [-0.05, 0) is 48.9 Å². The standard InChI is InChI=1S/C24H35N3O3/c1-4-27-15-18(20-13-19(30-3)7-8-22(20)27)14-26-16-21(23(28)25-11-12-29-2)24(17-26)9-5-6-10-24/h7-8,13,15,21H,4-6,9-12,14,16-17H2,1-3H3,(H,25,28). The van der Waals surface area contributed by atoms with Crippen LogP contribution >= 0.6 is 0 Å². The lowest BCUT2D eigenvalue weighted by atomic mass is 9.76. The van der Waals surface area contributed by atoms with Crippen molar-refractivity contribution in [3.63, 3.8) is 0 Å². The highest BCUT2D eigenvalue weighted by molar-refractivity contribution is 5.85. The second kappa shape index (κ2) is 8.98. The molecule has 2 aromatic rings. The van der Waals surface area contributed by atoms with E-state index in [0.717, 1.165) is 44.8 Å². The molecule has 1 unspecified atom stereocenters. The van der Waals surface area contributed by atoms with Crippen LogP contribution in [0, 0.1) is 11.3 Å². The van der Waals surface area contributed by atoms with Crippen molar-refractivity contribution in [1.29, 1.82) is 0 Å². The van der Waals surface area contributed by atoms with Crippen molar-refractivity contribution in [1.82, 2.24) is 14.8 Å². The van der Waals surface area contributed by atoms with Crippen molar-refractivity contribution >= 4 is 16.8 Å². The summed E-state index contributed by atoms with van der Waals surface area (Å²) < 4.78 is 12.9. The molecule has 6 nitrogen and oxygen atoms in total. The predicted octanol–water partition coefficient (Wildman–Crippen LogP) is 3.42. The zero-order valence-corrected chi connectivity index (χ0v) is 18.6. The predicted molar refractivity (Wildman–Crippen MR) is 119 cm³/mol. The molecule has 1 saturated heterocycles. The van der Waals surface area contributed by atoms with Gasteiger partial charge in [0.25, 0.3) is 0 Å². The molecule has 1 aliphatic carbocycles. The molecule has 1 N–H and O–H groups in total. The number of amides is 1. The van der Waals surface area contributed by atoms with Crippen LogP contribution in [0.15, 0.2) is 24.4 Å². The summed E-state index contributed by atoms with van der Waals surface area (Å²) in [6, 6.07) is 6.32. The summed E-state index contributed by atoms with van der Waals surface area (Å²) in [5, 5.41) is 4.36. The Morgan fingerprint density at radius 3 is 2.77 bits per heavy atom. The molecule has 2 heterocycles. The highest BCUT2D eigenvalue weighted by Crippen LogP contribution is 2.49. The fourth-order valence-corrected chi connectivity index (χ4v) is 5.64. The summed E-state index contributed by atoms with van der Waals surface area (Å²) in [4.78, 5) is 15.5. The van der Waals surface area contributed by atoms with E-state index in [1.807, 2.05) is 6.07 Å². The Morgan fingerprint density at radius 1 is 1.27 bits per heavy atom. The van der Waals surface area contributed by atoms with Crippen LogP contribution in [-0.2, 0) is 22.6 Å². The number of hydrogen-bond acceptors (Lipinski definition) is 4. The first kappa shape index (κ1) is 21.2. The minimum atomic E-state index is 0.0749. The fourth-order valence-electron chi connectivity index (χ4n) is 5.64. The number of rotatable bonds is 8. The number of carbonyl (C=O) groups excluding carboxylic acids is 1. The number of aromatic nitrogens is 1. The summed E-state index contributed by atoms with van der Waals surface area (Å²) in [6.07, 6.45) is 7.08. The molecule has 2 aliphatic rings. The molecular formula is C24H35N3O3. The largest absolute Gasteiger partial charge is 0.497 e. The van der Waals surface area contributed by atoms with Crippen molar-refractivity contribution in [2.45, 2.75) is 45.7 Å². The van der Waals surface area contributed by atoms with Crippen LogP contribution in [0.3, 0.4) is 0 Å². The lowest BCUT2D eigenvalue weighted by molar-refractivity contribution is -0.127. The molecule has 1 saturated carbocycles. The second-order valence-electron chi connectivity index (χ2n) is 8.90. The monoisotopic (exact) mass is 413 g/mol. The first-order valence-corrected chi connectivity index (χ1v) is 11.2. The summed E-state index contributed by atoms with van der Waals surface area (Å²) in [7, 11) is 3.39. The number of nitrogens with one attached hydrogen (secondary N) is 1. The van der Waals surface area contributed by atoms with E-state index in [4.69, 9.17) is 9.47 Å². The van der Waals surface area contributed by atoms with Gasteiger partial charge in [-0.1, -0.05) is 12.8 Å². The Balaban J connectivity index is 1.56. The molecule has 30 heavy (non-hydrogen) atoms. The first-order chi connectivity index (χ1) is 14.6. The average Bonchev–Trinajstić information content (AvgIpc) is 3.46. The quantitative estimate of drug-likeness (QED) is 0.674. The number of fused-ring (bicyclic) bond motifs is 1. The summed E-state index contributed by atoms with van der Waals surface area (Å²) in [6.45, 7) is 6.99. The Kier molecular flexibility index (Phi) is 6.34. The van der Waals surface area contributed by atoms with Crippen molar-refractivity contribution in [3.8, 4) is 5.75 Å². The third kappa shape index (κ3) is 3.95. The number of nitrogens with zero attached hydrogens (tertiary/aromatic N) is 2. The van der Waals surface area contributed by atoms with Crippen molar-refractivity contribution in [2.75, 3.05) is 40.5 Å². The molecule has 0 bridgehead atoms. The number of benzene rings is 1. The van der Waals surface area contributed by atoms with Crippen LogP contribution in [0.5, 0.6) is 5.75 Å². The number of ether oxygens (including phenoxy) is 2. The van der Waals surface area contributed by atoms with Crippen molar-refractivity contribution in [2.24, 2.45) is 11.3 Å². The van der Waals surface area contributed by atoms with Gasteiger partial charge < -0.3 is 19.4 Å². The van der Waals surface area contributed by atoms with Crippen LogP contribution in [0.1, 0.15) is 38.2 Å². The van der Waals surface area contributed by atoms with E-state index in [9.17, 15) is 4.79 Å². The minimum absolute atomic E-state index is 0.0749. The molecule has 1 aromatic carbocycles. The summed E-state index contributed by atoms with van der Waals surface area (Å²) in [5.41, 5.74) is 2.70. The van der Waals surface area contributed by atoms with Gasteiger partial charge in [-0.2, -0.15) is 0 Å². The van der Waals surface area contributed by atoms with Gasteiger partial charge in [0.15, 0.2) is 0 Å². The molecular weight excluding hydrogens is 378 g/mol. The van der Waals surface area contributed by atoms with E-state index in [2.05, 4.69) is 40.0 Å². The lowest BCUT2D eigenvalue weighted by Crippen LogP contribution is -2.41. The molecule has 4 rings (SSSR count). The highest BCUT2D eigenvalue weighted by Gasteiger charge is 2.50. The second-order valence-corrected chi connectivity index (χ2v) is 8.90. The molecule has 0 radical (unpaired) electrons. The maximum atomic E-state index is 13.0. The number of carbonyl (C=O) groups is 1. The van der Waals surface area contributed by atoms with E-state index in [1.54, 1.807) is 14.2 Å². The van der Waals surface area contributed by atoms with Gasteiger partial charge in [0.1, 0.15) is 5.75 Å². The fraction of sp³-hybridized carbons (Fsp3) is 0.625. The van der Waals surface area contributed by atoms with Crippen LogP contribution in [0.2, 0.25) is 0 Å². The van der Waals surface area contributed by atoms with Crippen LogP contribution in [-0.4, -0.2) is 55.8 Å². The van der Waals surface area contributed by atoms with Crippen molar-refractivity contribution in [3.05, 3.63) is 30.0 Å². The summed E-state index contributed by atoms with van der Waals surface area (Å²) >= 11 is 0. The lowest BCUT2D eigenvalue weighted by Gasteiger charge is -2.29. The Morgan fingerprint density at radius 2 is 2.07 bits per heavy atom. The third-order valence-electron chi connectivity index (χ3n) is 7.15. The Bertz CT molecular complexity index is 885. The van der Waals surface area contributed by atoms with E-state index in [0.29, 0.717) is 13.2 Å². The molecule has 1 aliphatic heterocycles. The SMILES string of the molecule is CCn1cc(CN2CC(C(=O)NCCOC)C3(CCCC3)C2)c2cc(OC)ccc21. The molecule has 2 fully saturated rings. The number of likely N-dealkylation sites (tertiary alicyclic amines) is 1. The van der Waals surface area contributed by atoms with Gasteiger partial charge in [0.2, 0.25) is 5.91 Å². The number of aryl methyl sites for hydroxylation is 1. The number of methoxy groups -OCH3 is 2. The van der Waals surface area contributed by atoms with Gasteiger partial charge in [0, 0.05) is 56.9 Å². The van der Waals surface area contributed by atoms with Gasteiger partial charge in [0.05, 0.1) is 19.6 Å². The first-order valence-electron chi connectivity index (χ1n) is 11.2. The molecule has 1 aromatic heterocycles. The van der Waals surface area contributed by atoms with Gasteiger partial charge in [-0.3, -0.25) is 9.69 Å². The van der Waals surface area contributed by atoms with Crippen LogP contribution < -0.4 is 10.1 Å². The molecule has 1 amide bonds. The van der Waals surface area contributed by atoms with Crippen molar-refractivity contribution < 1.29 is 14.3 Å². The van der Waals surface area contributed by atoms with E-state index in [-0.39, 0.29) is 17.2 Å². The van der Waals surface area contributed by atoms with Gasteiger partial charge in [-0.15, -0.1) is 0 Å². The molecule has 164 valence electrons. The van der Waals surface area contributed by atoms with E-state index >= 15 is 0 Å². The normalized spacial score (nSPS) is 21.0. The molecule has 6 heteroatoms. The highest BCUT2D eigenvalue weighted by atomic mass is 16.5. The third-order valence-corrected chi connectivity index (χ3v) is 7.15. The van der Waals surface area contributed by atoms with Gasteiger partial charge in [-0.25, -0.2) is 0 Å². The Labute approximate surface area is 179 Å². The maximum Gasteiger partial charge on any atom is 0.225 e. The molecule has 1 atom stereocenters. The smallest absolute Gasteiger partial charge is 0.225 e. The zero-order valence-electron chi connectivity index (χ0n) is 18.6. The minimum Gasteiger partial charge on any atom is -0.497 e.